The molecule has 11 heteroatoms. The summed E-state index contributed by atoms with van der Waals surface area (Å²) in [5.74, 6) is 13.3. The van der Waals surface area contributed by atoms with Crippen LogP contribution in [0.2, 0.25) is 34.5 Å². The number of halogens is 1. The van der Waals surface area contributed by atoms with E-state index in [1.165, 1.54) is 42.1 Å². The zero-order chi connectivity index (χ0) is 89.7. The minimum atomic E-state index is -2.64. The van der Waals surface area contributed by atoms with E-state index in [4.69, 9.17) is 34.1 Å². The quantitative estimate of drug-likeness (QED) is 0.0850. The molecule has 0 fully saturated rings. The maximum absolute atomic E-state index is 13.8. The summed E-state index contributed by atoms with van der Waals surface area (Å²) < 4.78 is 170. The molecule has 6 heterocycles. The van der Waals surface area contributed by atoms with Crippen molar-refractivity contribution in [2.75, 3.05) is 0 Å². The Morgan fingerprint density at radius 1 is 0.435 bits per heavy atom. The Labute approximate surface area is 699 Å². The molecule has 0 N–H and O–H groups in total. The first-order valence-electron chi connectivity index (χ1n) is 43.8. The molecule has 0 bridgehead atoms. The first-order valence-corrected chi connectivity index (χ1v) is 50.3. The molecule has 0 aliphatic heterocycles. The Morgan fingerprint density at radius 3 is 1.56 bits per heavy atom. The Morgan fingerprint density at radius 2 is 0.963 bits per heavy atom. The van der Waals surface area contributed by atoms with Crippen molar-refractivity contribution in [2.24, 2.45) is 0 Å². The topological polar surface area (TPSA) is 64.7 Å². The molecule has 0 aliphatic rings. The van der Waals surface area contributed by atoms with Crippen LogP contribution in [0.1, 0.15) is 107 Å². The predicted molar refractivity (Wildman–Crippen MR) is 451 cm³/mol. The van der Waals surface area contributed by atoms with Crippen LogP contribution in [0.25, 0.3) is 98.3 Å². The summed E-state index contributed by atoms with van der Waals surface area (Å²) in [6.07, 6.45) is 1.99. The Kier molecular flexibility index (Phi) is 19.3. The van der Waals surface area contributed by atoms with Gasteiger partial charge in [-0.25, -0.2) is 4.39 Å². The van der Waals surface area contributed by atoms with E-state index in [1.54, 1.807) is 103 Å². The third-order valence-corrected chi connectivity index (χ3v) is 27.4. The molecule has 16 rings (SSSR count). The molecule has 2 radical (unpaired) electrons. The molecular weight excluding hydrogens is 1820 g/mol. The van der Waals surface area contributed by atoms with Gasteiger partial charge in [0, 0.05) is 83.3 Å². The number of furan rings is 1. The van der Waals surface area contributed by atoms with Gasteiger partial charge in [0.1, 0.15) is 11.4 Å². The number of aryl methyl sites for hydroxylation is 4. The number of benzene rings is 10. The van der Waals surface area contributed by atoms with Crippen molar-refractivity contribution in [3.05, 3.63) is 359 Å². The van der Waals surface area contributed by atoms with Crippen LogP contribution < -0.4 is 8.79 Å². The van der Waals surface area contributed by atoms with Gasteiger partial charge in [-0.3, -0.25) is 0 Å². The zero-order valence-electron chi connectivity index (χ0n) is 79.1. The maximum atomic E-state index is 13.8. The van der Waals surface area contributed by atoms with Gasteiger partial charge in [0.15, 0.2) is 0 Å². The van der Waals surface area contributed by atoms with E-state index >= 15 is 0 Å². The minimum Gasteiger partial charge on any atom is -0.305 e. The Balaban J connectivity index is 0.000000163. The normalized spacial score (nSPS) is 14.7. The molecule has 0 amide bonds. The second-order valence-corrected chi connectivity index (χ2v) is 51.1. The monoisotopic (exact) mass is 1930 g/mol. The number of hydrogen-bond acceptors (Lipinski definition) is 6. The van der Waals surface area contributed by atoms with Crippen LogP contribution in [0.15, 0.2) is 272 Å². The predicted octanol–water partition coefficient (Wildman–Crippen LogP) is 24.7. The van der Waals surface area contributed by atoms with E-state index in [1.807, 2.05) is 128 Å². The minimum absolute atomic E-state index is 0. The van der Waals surface area contributed by atoms with Crippen LogP contribution in [-0.2, 0) is 64.7 Å². The van der Waals surface area contributed by atoms with Crippen LogP contribution in [0.5, 0.6) is 0 Å². The number of rotatable bonds is 13. The summed E-state index contributed by atoms with van der Waals surface area (Å²) in [5.41, 5.74) is 11.9. The van der Waals surface area contributed by atoms with Gasteiger partial charge in [0.25, 0.3) is 0 Å². The Bertz CT molecular complexity index is 6560. The summed E-state index contributed by atoms with van der Waals surface area (Å²) in [5, 5.41) is 2.80. The summed E-state index contributed by atoms with van der Waals surface area (Å²) >= 11 is -3.16. The molecule has 0 aliphatic carbocycles. The van der Waals surface area contributed by atoms with E-state index in [0.29, 0.717) is 77.9 Å². The van der Waals surface area contributed by atoms with Crippen LogP contribution in [0.4, 0.5) is 4.39 Å². The smallest absolute Gasteiger partial charge is 0.123 e. The van der Waals surface area contributed by atoms with Gasteiger partial charge in [0.05, 0.1) is 5.58 Å². The van der Waals surface area contributed by atoms with Crippen molar-refractivity contribution in [2.45, 2.75) is 107 Å². The van der Waals surface area contributed by atoms with E-state index in [0.717, 1.165) is 56.9 Å². The van der Waals surface area contributed by atoms with E-state index in [2.05, 4.69) is 107 Å². The molecule has 0 atom stereocenters. The van der Waals surface area contributed by atoms with Crippen molar-refractivity contribution in [1.82, 2.24) is 19.9 Å². The van der Waals surface area contributed by atoms with Gasteiger partial charge >= 0.3 is 325 Å². The number of aromatic nitrogens is 4. The molecule has 6 aromatic heterocycles. The largest absolute Gasteiger partial charge is 0.305 e. The molecule has 0 unspecified atom stereocenters. The van der Waals surface area contributed by atoms with Gasteiger partial charge in [-0.2, -0.15) is 11.3 Å². The second kappa shape index (κ2) is 35.2. The number of fused-ring (bicyclic) bond motifs is 6. The fraction of sp³-hybridized carbons (Fsp3) is 0.175. The van der Waals surface area contributed by atoms with Gasteiger partial charge in [-0.1, -0.05) is 83.6 Å². The summed E-state index contributed by atoms with van der Waals surface area (Å²) in [7, 11) is 0. The first kappa shape index (κ1) is 59.1. The van der Waals surface area contributed by atoms with Crippen molar-refractivity contribution in [1.29, 1.82) is 0 Å². The molecule has 546 valence electrons. The summed E-state index contributed by atoms with van der Waals surface area (Å²) in [4.78, 5) is 18.3. The summed E-state index contributed by atoms with van der Waals surface area (Å²) in [6.45, 7) is -3.28. The molecule has 16 aromatic rings. The van der Waals surface area contributed by atoms with E-state index in [9.17, 15) is 4.39 Å². The van der Waals surface area contributed by atoms with Crippen molar-refractivity contribution < 1.29 is 73.7 Å². The van der Waals surface area contributed by atoms with Gasteiger partial charge in [-0.15, -0.1) is 47.5 Å². The number of hydrogen-bond donors (Lipinski definition) is 0. The molecule has 10 aromatic carbocycles. The molecule has 0 saturated heterocycles. The van der Waals surface area contributed by atoms with E-state index < -0.39 is 73.1 Å². The SMILES string of the molecule is [2H]C([2H])([2H])c1c[c-]c(-c2cc(C([2H])([2H])c3ccccc3)[c]([Ge]([CH3])([CH3])[CH3])cn2)cc1.[2H]C([2H])([2H])c1cc(-c2[c-]cc3oc4cc(C([2H])([2H])[2H])c(C([2H])([2H])[2H])cc4c3c2)ncc1-c1ccccc1.[2H]C([2H])(c1ccccc1)c1cc(-c2[c-]ccc(C(C)(C)C)c2)nc[c]1[Ge]([CH3])([CH3])[CH3].[2H]C([2H])(c1ccccc1)c1ccnc(-c2[c-]cc3sc4ccc(F)cc4c3c2)c1.[Ir].[Ir]. The van der Waals surface area contributed by atoms with Gasteiger partial charge in [0.2, 0.25) is 0 Å². The fourth-order valence-corrected chi connectivity index (χ4v) is 19.1. The standard InChI is InChI=1S/C26H20NO.C25H30GeN.C24H15FNS.C22H24GeN.2Ir/c1-16-11-21-22-14-20(9-10-25(22)28-26(21)13-17(16)2)24-12-18(3)23(15-27-24)19-7-5-4-6-8-19;1-25(2,3)22-14-10-13-20(16-22)24-17-21(15-19-11-8-7-9-12-19)23(18-27-24)26(4,5)6;25-19-7-9-24-21(15-19)20-14-18(6-8-23(20)27-24)22-13-17(10-11-26-22)12-16-4-2-1-3-5-16;1-17-10-12-19(13-11-17)22-15-20(14-18-8-6-5-7-9-18)21(16-24-22)23(2,3)4;;/h4-8,10-15H,1-3H3;7-12,14,16-18H,15H2,1-6H3;1-5,7-11,13-15H,12H2;5-12,15-16H,14H2,1-4H3;;/q4*-1;;/i1D3,2D3,3D3;15D2;12D2;1D3,14D2;;. The fourth-order valence-electron chi connectivity index (χ4n) is 12.2. The number of nitrogens with zero attached hydrogens (tertiary/aromatic N) is 4. The molecule has 5 nitrogen and oxygen atoms in total. The van der Waals surface area contributed by atoms with Crippen molar-refractivity contribution in [3.8, 4) is 56.2 Å². The molecular formula is C97H89FGe2Ir2N4OS-4. The molecule has 108 heavy (non-hydrogen) atoms. The van der Waals surface area contributed by atoms with Crippen LogP contribution in [-0.4, -0.2) is 46.5 Å². The van der Waals surface area contributed by atoms with Crippen molar-refractivity contribution in [3.63, 3.8) is 0 Å². The molecule has 0 saturated carbocycles. The molecule has 0 spiro atoms. The second-order valence-electron chi connectivity index (χ2n) is 28.8. The third-order valence-electron chi connectivity index (χ3n) is 17.8. The van der Waals surface area contributed by atoms with Crippen LogP contribution in [0, 0.1) is 57.5 Å². The number of thiophene rings is 1. The van der Waals surface area contributed by atoms with Gasteiger partial charge < -0.3 is 14.4 Å². The van der Waals surface area contributed by atoms with Crippen LogP contribution >= 0.6 is 11.3 Å². The zero-order valence-corrected chi connectivity index (χ0v) is 70.9. The average molecular weight is 1930 g/mol. The third kappa shape index (κ3) is 19.8. The van der Waals surface area contributed by atoms with Crippen molar-refractivity contribution >= 4 is 88.8 Å². The summed E-state index contributed by atoms with van der Waals surface area (Å²) in [6, 6.07) is 83.6. The first-order chi connectivity index (χ1) is 58.1. The maximum Gasteiger partial charge on any atom is 0.123 e. The van der Waals surface area contributed by atoms with Gasteiger partial charge in [-0.05, 0) is 118 Å². The van der Waals surface area contributed by atoms with E-state index in [-0.39, 0.29) is 79.3 Å². The Hall–Kier alpha value is -8.87. The average Bonchev–Trinajstić information content (AvgIpc) is 1.68. The van der Waals surface area contributed by atoms with Crippen LogP contribution in [0.3, 0.4) is 0 Å². The number of pyridine rings is 4.